The first-order valence-electron chi connectivity index (χ1n) is 7.36. The number of carbonyl (C=O) groups excluding carboxylic acids is 2. The standard InChI is InChI=1S/C16H20N2O3S/c1-10-4-5-13(21-3)11(8-10)17-15(20)12-9-22-16(2)7-6-14(19)18(12)16/h4-5,8,12H,6-7,9H2,1-3H3,(H,17,20)/t12-,16+/m1/s1. The second-order valence-corrected chi connectivity index (χ2v) is 7.46. The van der Waals surface area contributed by atoms with E-state index in [2.05, 4.69) is 5.32 Å². The van der Waals surface area contributed by atoms with Crippen LogP contribution in [-0.2, 0) is 9.59 Å². The lowest BCUT2D eigenvalue weighted by molar-refractivity contribution is -0.135. The monoisotopic (exact) mass is 320 g/mol. The fourth-order valence-electron chi connectivity index (χ4n) is 3.15. The molecule has 2 amide bonds. The number of nitrogens with one attached hydrogen (secondary N) is 1. The Labute approximate surface area is 134 Å². The molecule has 6 heteroatoms. The van der Waals surface area contributed by atoms with Crippen molar-refractivity contribution < 1.29 is 14.3 Å². The second kappa shape index (κ2) is 5.50. The first-order valence-corrected chi connectivity index (χ1v) is 8.35. The Morgan fingerprint density at radius 1 is 1.50 bits per heavy atom. The van der Waals surface area contributed by atoms with Gasteiger partial charge in [-0.05, 0) is 38.0 Å². The molecule has 0 aliphatic carbocycles. The predicted molar refractivity (Wildman–Crippen MR) is 87.1 cm³/mol. The van der Waals surface area contributed by atoms with Crippen LogP contribution in [0.25, 0.3) is 0 Å². The number of rotatable bonds is 3. The Hall–Kier alpha value is -1.69. The number of hydrogen-bond acceptors (Lipinski definition) is 4. The number of nitrogens with zero attached hydrogens (tertiary/aromatic N) is 1. The number of benzene rings is 1. The summed E-state index contributed by atoms with van der Waals surface area (Å²) in [5, 5.41) is 2.92. The van der Waals surface area contributed by atoms with E-state index < -0.39 is 6.04 Å². The van der Waals surface area contributed by atoms with E-state index in [9.17, 15) is 9.59 Å². The number of thioether (sulfide) groups is 1. The van der Waals surface area contributed by atoms with Gasteiger partial charge < -0.3 is 15.0 Å². The van der Waals surface area contributed by atoms with Crippen LogP contribution in [0.1, 0.15) is 25.3 Å². The van der Waals surface area contributed by atoms with Crippen LogP contribution in [0.5, 0.6) is 5.75 Å². The van der Waals surface area contributed by atoms with E-state index in [-0.39, 0.29) is 16.7 Å². The molecule has 2 heterocycles. The topological polar surface area (TPSA) is 58.6 Å². The lowest BCUT2D eigenvalue weighted by atomic mass is 10.1. The van der Waals surface area contributed by atoms with E-state index in [0.29, 0.717) is 23.6 Å². The van der Waals surface area contributed by atoms with Gasteiger partial charge in [0.15, 0.2) is 0 Å². The summed E-state index contributed by atoms with van der Waals surface area (Å²) >= 11 is 1.69. The van der Waals surface area contributed by atoms with E-state index in [1.54, 1.807) is 23.8 Å². The number of fused-ring (bicyclic) bond motifs is 1. The van der Waals surface area contributed by atoms with Gasteiger partial charge in [0.1, 0.15) is 11.8 Å². The zero-order chi connectivity index (χ0) is 15.9. The highest BCUT2D eigenvalue weighted by atomic mass is 32.2. The van der Waals surface area contributed by atoms with Crippen LogP contribution in [0, 0.1) is 6.92 Å². The Kier molecular flexibility index (Phi) is 3.80. The third-order valence-corrected chi connectivity index (χ3v) is 5.87. The molecule has 1 aromatic carbocycles. The highest BCUT2D eigenvalue weighted by molar-refractivity contribution is 8.01. The molecule has 5 nitrogen and oxygen atoms in total. The number of aryl methyl sites for hydroxylation is 1. The zero-order valence-electron chi connectivity index (χ0n) is 13.0. The van der Waals surface area contributed by atoms with Crippen LogP contribution in [0.3, 0.4) is 0 Å². The molecule has 0 spiro atoms. The molecule has 0 aromatic heterocycles. The number of amides is 2. The molecular weight excluding hydrogens is 300 g/mol. The van der Waals surface area contributed by atoms with Gasteiger partial charge in [-0.3, -0.25) is 9.59 Å². The quantitative estimate of drug-likeness (QED) is 0.929. The molecule has 0 unspecified atom stereocenters. The molecule has 1 N–H and O–H groups in total. The van der Waals surface area contributed by atoms with Gasteiger partial charge in [-0.15, -0.1) is 11.8 Å². The normalized spacial score (nSPS) is 27.0. The minimum atomic E-state index is -0.407. The fourth-order valence-corrected chi connectivity index (χ4v) is 4.58. The van der Waals surface area contributed by atoms with E-state index in [4.69, 9.17) is 4.74 Å². The van der Waals surface area contributed by atoms with Crippen LogP contribution < -0.4 is 10.1 Å². The van der Waals surface area contributed by atoms with Crippen LogP contribution in [0.15, 0.2) is 18.2 Å². The summed E-state index contributed by atoms with van der Waals surface area (Å²) in [6, 6.07) is 5.24. The van der Waals surface area contributed by atoms with Gasteiger partial charge in [0, 0.05) is 12.2 Å². The SMILES string of the molecule is COc1ccc(C)cc1NC(=O)[C@H]1CS[C@@]2(C)CCC(=O)N12. The van der Waals surface area contributed by atoms with Crippen molar-refractivity contribution in [1.82, 2.24) is 4.90 Å². The summed E-state index contributed by atoms with van der Waals surface area (Å²) in [6.45, 7) is 4.00. The average Bonchev–Trinajstić information content (AvgIpc) is 2.96. The van der Waals surface area contributed by atoms with Crippen molar-refractivity contribution in [3.63, 3.8) is 0 Å². The van der Waals surface area contributed by atoms with E-state index in [1.165, 1.54) is 0 Å². The number of hydrogen-bond donors (Lipinski definition) is 1. The smallest absolute Gasteiger partial charge is 0.248 e. The highest BCUT2D eigenvalue weighted by Gasteiger charge is 2.52. The van der Waals surface area contributed by atoms with Crippen molar-refractivity contribution >= 4 is 29.3 Å². The Bertz CT molecular complexity index is 634. The minimum Gasteiger partial charge on any atom is -0.495 e. The number of ether oxygens (including phenoxy) is 1. The molecule has 118 valence electrons. The summed E-state index contributed by atoms with van der Waals surface area (Å²) in [6.07, 6.45) is 1.34. The molecule has 2 saturated heterocycles. The van der Waals surface area contributed by atoms with E-state index >= 15 is 0 Å². The summed E-state index contributed by atoms with van der Waals surface area (Å²) in [5.41, 5.74) is 1.69. The molecular formula is C16H20N2O3S. The van der Waals surface area contributed by atoms with Gasteiger partial charge >= 0.3 is 0 Å². The Morgan fingerprint density at radius 3 is 3.00 bits per heavy atom. The van der Waals surface area contributed by atoms with Gasteiger partial charge in [-0.25, -0.2) is 0 Å². The van der Waals surface area contributed by atoms with Crippen molar-refractivity contribution in [3.8, 4) is 5.75 Å². The van der Waals surface area contributed by atoms with Crippen molar-refractivity contribution in [2.75, 3.05) is 18.2 Å². The lowest BCUT2D eigenvalue weighted by Crippen LogP contribution is -2.48. The lowest BCUT2D eigenvalue weighted by Gasteiger charge is -2.30. The maximum absolute atomic E-state index is 12.7. The second-order valence-electron chi connectivity index (χ2n) is 5.96. The van der Waals surface area contributed by atoms with Gasteiger partial charge in [0.25, 0.3) is 0 Å². The summed E-state index contributed by atoms with van der Waals surface area (Å²) in [5.74, 6) is 1.20. The van der Waals surface area contributed by atoms with Crippen molar-refractivity contribution in [2.45, 2.75) is 37.6 Å². The molecule has 0 radical (unpaired) electrons. The van der Waals surface area contributed by atoms with Gasteiger partial charge in [-0.2, -0.15) is 0 Å². The first kappa shape index (κ1) is 15.2. The maximum atomic E-state index is 12.7. The molecule has 2 aliphatic rings. The number of anilines is 1. The van der Waals surface area contributed by atoms with Gasteiger partial charge in [0.05, 0.1) is 17.7 Å². The zero-order valence-corrected chi connectivity index (χ0v) is 13.8. The van der Waals surface area contributed by atoms with Crippen molar-refractivity contribution in [3.05, 3.63) is 23.8 Å². The fraction of sp³-hybridized carbons (Fsp3) is 0.500. The molecule has 0 bridgehead atoms. The molecule has 3 rings (SSSR count). The van der Waals surface area contributed by atoms with Gasteiger partial charge in [0.2, 0.25) is 11.8 Å². The largest absolute Gasteiger partial charge is 0.495 e. The number of methoxy groups -OCH3 is 1. The minimum absolute atomic E-state index is 0.0730. The third kappa shape index (κ3) is 2.45. The Balaban J connectivity index is 1.81. The molecule has 2 atom stereocenters. The molecule has 2 fully saturated rings. The first-order chi connectivity index (χ1) is 10.4. The Morgan fingerprint density at radius 2 is 2.27 bits per heavy atom. The van der Waals surface area contributed by atoms with Gasteiger partial charge in [-0.1, -0.05) is 6.07 Å². The molecule has 1 aromatic rings. The summed E-state index contributed by atoms with van der Waals surface area (Å²) < 4.78 is 5.29. The predicted octanol–water partition coefficient (Wildman–Crippen LogP) is 2.40. The molecule has 0 saturated carbocycles. The van der Waals surface area contributed by atoms with Crippen LogP contribution in [0.2, 0.25) is 0 Å². The highest BCUT2D eigenvalue weighted by Crippen LogP contribution is 2.47. The average molecular weight is 320 g/mol. The van der Waals surface area contributed by atoms with Crippen LogP contribution >= 0.6 is 11.8 Å². The third-order valence-electron chi connectivity index (χ3n) is 4.36. The molecule has 22 heavy (non-hydrogen) atoms. The van der Waals surface area contributed by atoms with Crippen LogP contribution in [0.4, 0.5) is 5.69 Å². The summed E-state index contributed by atoms with van der Waals surface area (Å²) in [7, 11) is 1.58. The van der Waals surface area contributed by atoms with E-state index in [1.807, 2.05) is 32.0 Å². The number of carbonyl (C=O) groups is 2. The maximum Gasteiger partial charge on any atom is 0.248 e. The van der Waals surface area contributed by atoms with Crippen molar-refractivity contribution in [2.24, 2.45) is 0 Å². The van der Waals surface area contributed by atoms with E-state index in [0.717, 1.165) is 12.0 Å². The van der Waals surface area contributed by atoms with Crippen LogP contribution in [-0.4, -0.2) is 40.5 Å². The van der Waals surface area contributed by atoms with Crippen molar-refractivity contribution in [1.29, 1.82) is 0 Å². The summed E-state index contributed by atoms with van der Waals surface area (Å²) in [4.78, 5) is 26.3. The molecule has 2 aliphatic heterocycles.